The van der Waals surface area contributed by atoms with Crippen molar-refractivity contribution in [2.75, 3.05) is 5.75 Å². The van der Waals surface area contributed by atoms with Gasteiger partial charge in [0.2, 0.25) is 0 Å². The van der Waals surface area contributed by atoms with E-state index in [4.69, 9.17) is 0 Å². The molecule has 0 radical (unpaired) electrons. The maximum atomic E-state index is 11.6. The van der Waals surface area contributed by atoms with Gasteiger partial charge in [0.05, 0.1) is 0 Å². The molecule has 0 bridgehead atoms. The Hall–Kier alpha value is 0.110. The van der Waals surface area contributed by atoms with Crippen LogP contribution in [0.5, 0.6) is 0 Å². The molecule has 0 amide bonds. The Morgan fingerprint density at radius 3 is 2.75 bits per heavy atom. The van der Waals surface area contributed by atoms with Gasteiger partial charge in [-0.2, -0.15) is 0 Å². The molecule has 0 aliphatic carbocycles. The van der Waals surface area contributed by atoms with Crippen molar-refractivity contribution in [2.24, 2.45) is 0 Å². The van der Waals surface area contributed by atoms with Gasteiger partial charge in [0.1, 0.15) is 0 Å². The van der Waals surface area contributed by atoms with Crippen LogP contribution in [0.2, 0.25) is 0 Å². The van der Waals surface area contributed by atoms with Gasteiger partial charge < -0.3 is 5.32 Å². The van der Waals surface area contributed by atoms with Gasteiger partial charge in [-0.15, -0.1) is 0 Å². The van der Waals surface area contributed by atoms with Crippen LogP contribution < -0.4 is 5.32 Å². The molecule has 1 rings (SSSR count). The minimum Gasteiger partial charge on any atom is -0.310 e. The van der Waals surface area contributed by atoms with Crippen LogP contribution in [0.3, 0.4) is 0 Å². The van der Waals surface area contributed by atoms with E-state index in [1.807, 2.05) is 0 Å². The SMILES string of the molecule is CCC1NC(C)CCS(=O)C1C. The van der Waals surface area contributed by atoms with Gasteiger partial charge >= 0.3 is 0 Å². The first kappa shape index (κ1) is 10.2. The highest BCUT2D eigenvalue weighted by Gasteiger charge is 2.25. The topological polar surface area (TPSA) is 29.1 Å². The Morgan fingerprint density at radius 2 is 2.17 bits per heavy atom. The van der Waals surface area contributed by atoms with Crippen molar-refractivity contribution in [3.05, 3.63) is 0 Å². The van der Waals surface area contributed by atoms with E-state index in [9.17, 15) is 4.21 Å². The van der Waals surface area contributed by atoms with Crippen LogP contribution in [0, 0.1) is 0 Å². The fraction of sp³-hybridized carbons (Fsp3) is 1.00. The molecule has 12 heavy (non-hydrogen) atoms. The van der Waals surface area contributed by atoms with Crippen molar-refractivity contribution in [2.45, 2.75) is 50.9 Å². The second kappa shape index (κ2) is 4.38. The van der Waals surface area contributed by atoms with Crippen LogP contribution in [0.4, 0.5) is 0 Å². The van der Waals surface area contributed by atoms with E-state index >= 15 is 0 Å². The van der Waals surface area contributed by atoms with Gasteiger partial charge in [-0.25, -0.2) is 0 Å². The molecule has 1 aliphatic rings. The molecule has 2 nitrogen and oxygen atoms in total. The number of rotatable bonds is 1. The third kappa shape index (κ3) is 2.30. The third-order valence-corrected chi connectivity index (χ3v) is 4.47. The molecule has 0 aromatic heterocycles. The molecule has 1 aliphatic heterocycles. The van der Waals surface area contributed by atoms with Gasteiger partial charge in [-0.05, 0) is 26.7 Å². The molecule has 1 N–H and O–H groups in total. The van der Waals surface area contributed by atoms with Crippen LogP contribution in [-0.2, 0) is 10.8 Å². The van der Waals surface area contributed by atoms with Crippen molar-refractivity contribution in [3.8, 4) is 0 Å². The van der Waals surface area contributed by atoms with Crippen LogP contribution >= 0.6 is 0 Å². The van der Waals surface area contributed by atoms with E-state index in [1.165, 1.54) is 0 Å². The van der Waals surface area contributed by atoms with Gasteiger partial charge in [0, 0.05) is 33.9 Å². The van der Waals surface area contributed by atoms with Gasteiger partial charge in [0.15, 0.2) is 0 Å². The summed E-state index contributed by atoms with van der Waals surface area (Å²) in [6.07, 6.45) is 2.13. The standard InChI is InChI=1S/C9H19NOS/c1-4-9-8(3)12(11)6-5-7(2)10-9/h7-10H,4-6H2,1-3H3. The zero-order valence-corrected chi connectivity index (χ0v) is 8.99. The van der Waals surface area contributed by atoms with Crippen molar-refractivity contribution >= 4 is 10.8 Å². The van der Waals surface area contributed by atoms with E-state index in [1.54, 1.807) is 0 Å². The van der Waals surface area contributed by atoms with Crippen molar-refractivity contribution in [1.82, 2.24) is 5.32 Å². The molecular weight excluding hydrogens is 170 g/mol. The average molecular weight is 189 g/mol. The number of hydrogen-bond donors (Lipinski definition) is 1. The minimum atomic E-state index is -0.615. The third-order valence-electron chi connectivity index (χ3n) is 2.67. The highest BCUT2D eigenvalue weighted by atomic mass is 32.2. The summed E-state index contributed by atoms with van der Waals surface area (Å²) in [6.45, 7) is 6.43. The highest BCUT2D eigenvalue weighted by molar-refractivity contribution is 7.85. The summed E-state index contributed by atoms with van der Waals surface area (Å²) in [7, 11) is -0.615. The summed E-state index contributed by atoms with van der Waals surface area (Å²) in [4.78, 5) is 0. The molecular formula is C9H19NOS. The fourth-order valence-corrected chi connectivity index (χ4v) is 3.29. The largest absolute Gasteiger partial charge is 0.310 e. The van der Waals surface area contributed by atoms with E-state index < -0.39 is 10.8 Å². The summed E-state index contributed by atoms with van der Waals surface area (Å²) < 4.78 is 11.6. The second-order valence-electron chi connectivity index (χ2n) is 3.66. The Bertz CT molecular complexity index is 172. The summed E-state index contributed by atoms with van der Waals surface area (Å²) in [5.74, 6) is 0.867. The number of hydrogen-bond acceptors (Lipinski definition) is 2. The summed E-state index contributed by atoms with van der Waals surface area (Å²) in [5.41, 5.74) is 0. The Morgan fingerprint density at radius 1 is 1.50 bits per heavy atom. The van der Waals surface area contributed by atoms with Gasteiger partial charge in [-0.1, -0.05) is 6.92 Å². The molecule has 0 aromatic carbocycles. The molecule has 72 valence electrons. The van der Waals surface area contributed by atoms with Crippen molar-refractivity contribution < 1.29 is 4.21 Å². The second-order valence-corrected chi connectivity index (χ2v) is 5.57. The van der Waals surface area contributed by atoms with E-state index in [2.05, 4.69) is 26.1 Å². The summed E-state index contributed by atoms with van der Waals surface area (Å²) >= 11 is 0. The molecule has 0 spiro atoms. The Kier molecular flexibility index (Phi) is 3.72. The maximum Gasteiger partial charge on any atom is 0.0473 e. The van der Waals surface area contributed by atoms with Crippen molar-refractivity contribution in [1.29, 1.82) is 0 Å². The van der Waals surface area contributed by atoms with E-state index in [-0.39, 0.29) is 0 Å². The predicted octanol–water partition coefficient (Wildman–Crippen LogP) is 1.28. The average Bonchev–Trinajstić information content (AvgIpc) is 2.18. The molecule has 0 aromatic rings. The summed E-state index contributed by atoms with van der Waals surface area (Å²) in [6, 6.07) is 0.979. The molecule has 0 saturated carbocycles. The zero-order valence-electron chi connectivity index (χ0n) is 8.17. The quantitative estimate of drug-likeness (QED) is 0.673. The lowest BCUT2D eigenvalue weighted by Crippen LogP contribution is -2.41. The normalized spacial score (nSPS) is 43.9. The summed E-state index contributed by atoms with van der Waals surface area (Å²) in [5, 5.41) is 3.84. The van der Waals surface area contributed by atoms with Crippen LogP contribution in [0.1, 0.15) is 33.6 Å². The molecule has 3 heteroatoms. The van der Waals surface area contributed by atoms with E-state index in [0.29, 0.717) is 17.3 Å². The highest BCUT2D eigenvalue weighted by Crippen LogP contribution is 2.13. The predicted molar refractivity (Wildman–Crippen MR) is 53.8 cm³/mol. The lowest BCUT2D eigenvalue weighted by molar-refractivity contribution is 0.433. The van der Waals surface area contributed by atoms with Crippen LogP contribution in [-0.4, -0.2) is 27.3 Å². The number of nitrogens with one attached hydrogen (secondary N) is 1. The molecule has 1 heterocycles. The molecule has 4 atom stereocenters. The maximum absolute atomic E-state index is 11.6. The first-order valence-electron chi connectivity index (χ1n) is 4.78. The monoisotopic (exact) mass is 189 g/mol. The lowest BCUT2D eigenvalue weighted by atomic mass is 10.1. The molecule has 1 saturated heterocycles. The Balaban J connectivity index is 2.64. The molecule has 1 fully saturated rings. The van der Waals surface area contributed by atoms with Gasteiger partial charge in [0.25, 0.3) is 0 Å². The molecule has 4 unspecified atom stereocenters. The van der Waals surface area contributed by atoms with Crippen LogP contribution in [0.25, 0.3) is 0 Å². The van der Waals surface area contributed by atoms with Crippen LogP contribution in [0.15, 0.2) is 0 Å². The first-order valence-corrected chi connectivity index (χ1v) is 6.16. The first-order chi connectivity index (χ1) is 5.65. The minimum absolute atomic E-state index is 0.319. The van der Waals surface area contributed by atoms with Crippen molar-refractivity contribution in [3.63, 3.8) is 0 Å². The zero-order chi connectivity index (χ0) is 9.14. The Labute approximate surface area is 77.6 Å². The smallest absolute Gasteiger partial charge is 0.0473 e. The van der Waals surface area contributed by atoms with Gasteiger partial charge in [-0.3, -0.25) is 4.21 Å². The fourth-order valence-electron chi connectivity index (χ4n) is 1.70. The van der Waals surface area contributed by atoms with E-state index in [0.717, 1.165) is 18.6 Å². The lowest BCUT2D eigenvalue weighted by Gasteiger charge is -2.22.